The van der Waals surface area contributed by atoms with E-state index in [0.717, 1.165) is 50.8 Å². The summed E-state index contributed by atoms with van der Waals surface area (Å²) in [6.07, 6.45) is 1.85. The monoisotopic (exact) mass is 568 g/mol. The van der Waals surface area contributed by atoms with Crippen molar-refractivity contribution in [3.05, 3.63) is 76.9 Å². The summed E-state index contributed by atoms with van der Waals surface area (Å²) < 4.78 is 43.5. The Bertz CT molecular complexity index is 1350. The molecule has 1 amide bonds. The zero-order valence-electron chi connectivity index (χ0n) is 24.0. The van der Waals surface area contributed by atoms with Crippen LogP contribution >= 0.6 is 0 Å². The molecule has 0 atom stereocenters. The molecule has 10 heteroatoms. The van der Waals surface area contributed by atoms with Crippen LogP contribution in [0.25, 0.3) is 0 Å². The number of aromatic nitrogens is 3. The summed E-state index contributed by atoms with van der Waals surface area (Å²) in [6.45, 7) is 8.57. The number of benzene rings is 2. The number of nitrogens with zero attached hydrogens (tertiary/aromatic N) is 5. The Morgan fingerprint density at radius 3 is 2.39 bits per heavy atom. The molecule has 0 aliphatic carbocycles. The van der Waals surface area contributed by atoms with E-state index in [0.29, 0.717) is 17.8 Å². The molecule has 1 spiro atoms. The summed E-state index contributed by atoms with van der Waals surface area (Å²) in [4.78, 5) is 16.6. The molecule has 2 aromatic carbocycles. The molecule has 2 fully saturated rings. The number of amides is 1. The Hall–Kier alpha value is -3.24. The number of halogens is 3. The van der Waals surface area contributed by atoms with Gasteiger partial charge >= 0.3 is 6.18 Å². The van der Waals surface area contributed by atoms with Crippen LogP contribution in [0.5, 0.6) is 0 Å². The van der Waals surface area contributed by atoms with Crippen molar-refractivity contribution in [2.75, 3.05) is 31.1 Å². The number of likely N-dealkylation sites (tertiary alicyclic amines) is 1. The van der Waals surface area contributed by atoms with Crippen LogP contribution in [0.1, 0.15) is 66.0 Å². The first kappa shape index (κ1) is 29.3. The second-order valence-electron chi connectivity index (χ2n) is 11.7. The number of aryl methyl sites for hydroxylation is 1. The first-order chi connectivity index (χ1) is 19.6. The van der Waals surface area contributed by atoms with Crippen LogP contribution in [0, 0.1) is 11.3 Å². The van der Waals surface area contributed by atoms with E-state index in [4.69, 9.17) is 0 Å². The smallest absolute Gasteiger partial charge is 0.321 e. The lowest BCUT2D eigenvalue weighted by Gasteiger charge is -2.39. The fraction of sp³-hybridized carbons (Fsp3) is 0.516. The Kier molecular flexibility index (Phi) is 8.52. The van der Waals surface area contributed by atoms with Crippen LogP contribution in [-0.4, -0.2) is 51.8 Å². The van der Waals surface area contributed by atoms with Crippen molar-refractivity contribution < 1.29 is 18.0 Å². The Balaban J connectivity index is 0.000000237. The van der Waals surface area contributed by atoms with Gasteiger partial charge in [-0.1, -0.05) is 44.9 Å². The SMILES string of the molecule is CCC(CC)Cc1nncn1C.O=C1c2cc(CN3CCC4(CNC4)C3)cc(C(F)(F)F)c2CN1c1ccccc1. The van der Waals surface area contributed by atoms with Gasteiger partial charge in [0.25, 0.3) is 5.91 Å². The van der Waals surface area contributed by atoms with E-state index in [1.807, 2.05) is 17.7 Å². The lowest BCUT2D eigenvalue weighted by molar-refractivity contribution is -0.138. The van der Waals surface area contributed by atoms with Gasteiger partial charge in [0.2, 0.25) is 0 Å². The molecule has 6 rings (SSSR count). The molecule has 41 heavy (non-hydrogen) atoms. The fourth-order valence-electron chi connectivity index (χ4n) is 6.14. The van der Waals surface area contributed by atoms with Gasteiger partial charge in [-0.15, -0.1) is 10.2 Å². The maximum absolute atomic E-state index is 13.8. The quantitative estimate of drug-likeness (QED) is 0.411. The van der Waals surface area contributed by atoms with Crippen LogP contribution in [0.3, 0.4) is 0 Å². The van der Waals surface area contributed by atoms with Gasteiger partial charge in [-0.05, 0) is 54.3 Å². The minimum Gasteiger partial charge on any atom is -0.321 e. The van der Waals surface area contributed by atoms with Gasteiger partial charge in [0.1, 0.15) is 12.2 Å². The summed E-state index contributed by atoms with van der Waals surface area (Å²) in [5.74, 6) is 1.50. The molecule has 3 aliphatic rings. The van der Waals surface area contributed by atoms with Gasteiger partial charge < -0.3 is 14.8 Å². The highest BCUT2D eigenvalue weighted by molar-refractivity contribution is 6.10. The van der Waals surface area contributed by atoms with Crippen LogP contribution in [0.4, 0.5) is 18.9 Å². The lowest BCUT2D eigenvalue weighted by Crippen LogP contribution is -2.54. The van der Waals surface area contributed by atoms with Crippen molar-refractivity contribution in [2.45, 2.75) is 58.8 Å². The molecule has 4 heterocycles. The molecule has 0 saturated carbocycles. The van der Waals surface area contributed by atoms with Crippen molar-refractivity contribution >= 4 is 11.6 Å². The highest BCUT2D eigenvalue weighted by Gasteiger charge is 2.44. The Morgan fingerprint density at radius 1 is 1.10 bits per heavy atom. The van der Waals surface area contributed by atoms with E-state index in [1.165, 1.54) is 23.8 Å². The number of nitrogens with one attached hydrogen (secondary N) is 1. The van der Waals surface area contributed by atoms with Gasteiger partial charge in [0, 0.05) is 56.3 Å². The molecule has 1 aromatic heterocycles. The number of fused-ring (bicyclic) bond motifs is 1. The van der Waals surface area contributed by atoms with E-state index in [1.54, 1.807) is 36.7 Å². The summed E-state index contributed by atoms with van der Waals surface area (Å²) in [7, 11) is 2.00. The number of alkyl halides is 3. The second-order valence-corrected chi connectivity index (χ2v) is 11.7. The number of carbonyl (C=O) groups is 1. The second kappa shape index (κ2) is 11.9. The van der Waals surface area contributed by atoms with Gasteiger partial charge in [-0.25, -0.2) is 0 Å². The standard InChI is InChI=1S/C22H22F3N3O.C9H17N3/c23-22(24,25)19-9-15(10-27-7-6-21(14-27)12-26-13-21)8-17-18(19)11-28(20(17)29)16-4-2-1-3-5-16;1-4-8(5-2)6-9-11-10-7-12(9)3/h1-5,8-9,26H,6-7,10-14H2;7-8H,4-6H2,1-3H3. The molecule has 1 N–H and O–H groups in total. The highest BCUT2D eigenvalue weighted by atomic mass is 19.4. The third kappa shape index (κ3) is 6.33. The topological polar surface area (TPSA) is 66.3 Å². The van der Waals surface area contributed by atoms with Crippen molar-refractivity contribution in [1.82, 2.24) is 25.0 Å². The van der Waals surface area contributed by atoms with Crippen molar-refractivity contribution in [2.24, 2.45) is 18.4 Å². The molecule has 0 radical (unpaired) electrons. The molecule has 3 aliphatic heterocycles. The van der Waals surface area contributed by atoms with Crippen LogP contribution in [-0.2, 0) is 32.7 Å². The fourth-order valence-corrected chi connectivity index (χ4v) is 6.14. The van der Waals surface area contributed by atoms with E-state index >= 15 is 0 Å². The number of hydrogen-bond acceptors (Lipinski definition) is 5. The van der Waals surface area contributed by atoms with E-state index in [-0.39, 0.29) is 29.0 Å². The predicted molar refractivity (Wildman–Crippen MR) is 152 cm³/mol. The maximum atomic E-state index is 13.8. The van der Waals surface area contributed by atoms with Gasteiger partial charge in [-0.3, -0.25) is 9.69 Å². The molecule has 0 unspecified atom stereocenters. The maximum Gasteiger partial charge on any atom is 0.416 e. The van der Waals surface area contributed by atoms with E-state index in [9.17, 15) is 18.0 Å². The molecule has 220 valence electrons. The van der Waals surface area contributed by atoms with Crippen molar-refractivity contribution in [3.8, 4) is 0 Å². The molecule has 3 aromatic rings. The number of hydrogen-bond donors (Lipinski definition) is 1. The predicted octanol–water partition coefficient (Wildman–Crippen LogP) is 5.45. The Labute approximate surface area is 239 Å². The van der Waals surface area contributed by atoms with Crippen molar-refractivity contribution in [1.29, 1.82) is 0 Å². The third-order valence-electron chi connectivity index (χ3n) is 8.83. The lowest BCUT2D eigenvalue weighted by atomic mass is 9.81. The third-order valence-corrected chi connectivity index (χ3v) is 8.83. The average molecular weight is 569 g/mol. The molecule has 7 nitrogen and oxygen atoms in total. The summed E-state index contributed by atoms with van der Waals surface area (Å²) in [6, 6.07) is 11.8. The number of anilines is 1. The zero-order valence-corrected chi connectivity index (χ0v) is 24.0. The Morgan fingerprint density at radius 2 is 1.83 bits per heavy atom. The molecule has 0 bridgehead atoms. The molecular formula is C31H39F3N6O. The minimum absolute atomic E-state index is 0.0498. The molecular weight excluding hydrogens is 529 g/mol. The van der Waals surface area contributed by atoms with Crippen molar-refractivity contribution in [3.63, 3.8) is 0 Å². The van der Waals surface area contributed by atoms with E-state index in [2.05, 4.69) is 34.3 Å². The molecule has 2 saturated heterocycles. The zero-order chi connectivity index (χ0) is 29.2. The number of para-hydroxylation sites is 1. The summed E-state index contributed by atoms with van der Waals surface area (Å²) in [5.41, 5.74) is 1.03. The van der Waals surface area contributed by atoms with Crippen LogP contribution in [0.2, 0.25) is 0 Å². The van der Waals surface area contributed by atoms with Gasteiger partial charge in [0.05, 0.1) is 12.1 Å². The summed E-state index contributed by atoms with van der Waals surface area (Å²) >= 11 is 0. The first-order valence-corrected chi connectivity index (χ1v) is 14.5. The highest BCUT2D eigenvalue weighted by Crippen LogP contribution is 2.40. The number of rotatable bonds is 7. The van der Waals surface area contributed by atoms with Crippen LogP contribution < -0.4 is 10.2 Å². The largest absolute Gasteiger partial charge is 0.416 e. The van der Waals surface area contributed by atoms with Gasteiger partial charge in [-0.2, -0.15) is 13.2 Å². The van der Waals surface area contributed by atoms with Gasteiger partial charge in [0.15, 0.2) is 0 Å². The first-order valence-electron chi connectivity index (χ1n) is 14.5. The number of carbonyl (C=O) groups excluding carboxylic acids is 1. The minimum atomic E-state index is -4.49. The van der Waals surface area contributed by atoms with E-state index < -0.39 is 11.7 Å². The normalized spacial score (nSPS) is 18.0. The average Bonchev–Trinajstić information content (AvgIpc) is 3.65. The van der Waals surface area contributed by atoms with Crippen LogP contribution in [0.15, 0.2) is 48.8 Å². The summed E-state index contributed by atoms with van der Waals surface area (Å²) in [5, 5.41) is 11.2.